The molecule has 27 heavy (non-hydrogen) atoms. The van der Waals surface area contributed by atoms with Crippen LogP contribution >= 0.6 is 24.8 Å². The fraction of sp³-hybridized carbons (Fsp3) is 0.368. The van der Waals surface area contributed by atoms with Crippen LogP contribution in [0.4, 0.5) is 5.69 Å². The first-order chi connectivity index (χ1) is 12.2. The molecule has 0 saturated carbocycles. The molecule has 0 spiro atoms. The van der Waals surface area contributed by atoms with Gasteiger partial charge in [0.2, 0.25) is 11.8 Å². The van der Waals surface area contributed by atoms with Gasteiger partial charge in [-0.25, -0.2) is 4.98 Å². The van der Waals surface area contributed by atoms with E-state index in [9.17, 15) is 4.79 Å². The number of hydrogen-bond donors (Lipinski definition) is 2. The van der Waals surface area contributed by atoms with Crippen LogP contribution in [0.1, 0.15) is 19.3 Å². The van der Waals surface area contributed by atoms with Crippen molar-refractivity contribution in [2.24, 2.45) is 5.92 Å². The van der Waals surface area contributed by atoms with Crippen molar-refractivity contribution >= 4 is 36.4 Å². The second kappa shape index (κ2) is 11.6. The van der Waals surface area contributed by atoms with Crippen LogP contribution in [-0.4, -0.2) is 31.1 Å². The van der Waals surface area contributed by atoms with Gasteiger partial charge in [0.25, 0.3) is 0 Å². The lowest BCUT2D eigenvalue weighted by Crippen LogP contribution is -2.15. The van der Waals surface area contributed by atoms with E-state index in [1.165, 1.54) is 0 Å². The Kier molecular flexibility index (Phi) is 9.93. The van der Waals surface area contributed by atoms with E-state index in [1.807, 2.05) is 24.3 Å². The highest BCUT2D eigenvalue weighted by atomic mass is 35.5. The summed E-state index contributed by atoms with van der Waals surface area (Å²) in [7, 11) is 1.62. The number of methoxy groups -OCH3 is 1. The van der Waals surface area contributed by atoms with Crippen molar-refractivity contribution in [3.05, 3.63) is 42.6 Å². The summed E-state index contributed by atoms with van der Waals surface area (Å²) in [5.74, 6) is 2.56. The number of carbonyl (C=O) groups excluding carboxylic acids is 1. The van der Waals surface area contributed by atoms with Gasteiger partial charge in [0, 0.05) is 12.5 Å². The van der Waals surface area contributed by atoms with E-state index in [4.69, 9.17) is 9.47 Å². The van der Waals surface area contributed by atoms with Gasteiger partial charge in [0.05, 0.1) is 19.0 Å². The van der Waals surface area contributed by atoms with Crippen LogP contribution < -0.4 is 20.1 Å². The quantitative estimate of drug-likeness (QED) is 0.715. The molecule has 2 N–H and O–H groups in total. The number of pyridine rings is 1. The molecule has 1 aromatic heterocycles. The van der Waals surface area contributed by atoms with Crippen LogP contribution in [0, 0.1) is 5.92 Å². The Hall–Kier alpha value is -2.02. The maximum atomic E-state index is 12.0. The summed E-state index contributed by atoms with van der Waals surface area (Å²) in [6.07, 6.45) is 4.22. The Morgan fingerprint density at radius 2 is 1.93 bits per heavy atom. The van der Waals surface area contributed by atoms with Crippen molar-refractivity contribution in [2.75, 3.05) is 25.5 Å². The topological polar surface area (TPSA) is 72.5 Å². The average Bonchev–Trinajstić information content (AvgIpc) is 3.16. The third-order valence-electron chi connectivity index (χ3n) is 4.24. The van der Waals surface area contributed by atoms with Crippen molar-refractivity contribution in [1.29, 1.82) is 0 Å². The first-order valence-corrected chi connectivity index (χ1v) is 8.51. The number of hydrogen-bond acceptors (Lipinski definition) is 5. The van der Waals surface area contributed by atoms with E-state index in [2.05, 4.69) is 15.6 Å². The second-order valence-corrected chi connectivity index (χ2v) is 6.11. The fourth-order valence-electron chi connectivity index (χ4n) is 2.80. The van der Waals surface area contributed by atoms with Crippen LogP contribution in [0.2, 0.25) is 0 Å². The molecule has 1 aliphatic rings. The van der Waals surface area contributed by atoms with Crippen molar-refractivity contribution < 1.29 is 14.3 Å². The van der Waals surface area contributed by atoms with Gasteiger partial charge in [-0.15, -0.1) is 24.8 Å². The SMILES string of the molecule is COc1ccc(Oc2ccc(NC(=O)CCC3CCNC3)cn2)cc1.Cl.Cl. The minimum Gasteiger partial charge on any atom is -0.497 e. The highest BCUT2D eigenvalue weighted by Crippen LogP contribution is 2.23. The average molecular weight is 414 g/mol. The number of anilines is 1. The lowest BCUT2D eigenvalue weighted by molar-refractivity contribution is -0.116. The number of nitrogens with one attached hydrogen (secondary N) is 2. The molecule has 1 aliphatic heterocycles. The summed E-state index contributed by atoms with van der Waals surface area (Å²) in [6.45, 7) is 2.08. The van der Waals surface area contributed by atoms with Gasteiger partial charge in [-0.2, -0.15) is 0 Å². The number of carbonyl (C=O) groups is 1. The van der Waals surface area contributed by atoms with Crippen LogP contribution in [-0.2, 0) is 4.79 Å². The number of rotatable bonds is 7. The summed E-state index contributed by atoms with van der Waals surface area (Å²) < 4.78 is 10.8. The van der Waals surface area contributed by atoms with Gasteiger partial charge in [0.1, 0.15) is 11.5 Å². The van der Waals surface area contributed by atoms with Gasteiger partial charge in [-0.05, 0) is 62.2 Å². The van der Waals surface area contributed by atoms with Crippen LogP contribution in [0.3, 0.4) is 0 Å². The third-order valence-corrected chi connectivity index (χ3v) is 4.24. The van der Waals surface area contributed by atoms with Gasteiger partial charge in [-0.3, -0.25) is 4.79 Å². The zero-order valence-electron chi connectivity index (χ0n) is 15.1. The standard InChI is InChI=1S/C19H23N3O3.2ClH/c1-24-16-4-6-17(7-5-16)25-19-9-3-15(13-21-19)22-18(23)8-2-14-10-11-20-12-14;;/h3-7,9,13-14,20H,2,8,10-12H2,1H3,(H,22,23);2*1H. The minimum absolute atomic E-state index is 0. The molecule has 2 aromatic rings. The van der Waals surface area contributed by atoms with E-state index < -0.39 is 0 Å². The van der Waals surface area contributed by atoms with Crippen LogP contribution in [0.15, 0.2) is 42.6 Å². The third kappa shape index (κ3) is 7.25. The first kappa shape index (κ1) is 23.0. The molecular weight excluding hydrogens is 389 g/mol. The number of benzene rings is 1. The van der Waals surface area contributed by atoms with Crippen molar-refractivity contribution in [2.45, 2.75) is 19.3 Å². The summed E-state index contributed by atoms with van der Waals surface area (Å²) in [6, 6.07) is 10.8. The Bertz CT molecular complexity index is 690. The molecule has 0 radical (unpaired) electrons. The summed E-state index contributed by atoms with van der Waals surface area (Å²) in [4.78, 5) is 16.2. The second-order valence-electron chi connectivity index (χ2n) is 6.11. The Balaban J connectivity index is 0.00000182. The predicted molar refractivity (Wildman–Crippen MR) is 111 cm³/mol. The normalized spacial score (nSPS) is 15.2. The van der Waals surface area contributed by atoms with E-state index in [0.717, 1.165) is 31.7 Å². The molecular formula is C19H25Cl2N3O3. The summed E-state index contributed by atoms with van der Waals surface area (Å²) in [5.41, 5.74) is 0.677. The molecule has 1 fully saturated rings. The molecule has 1 amide bonds. The van der Waals surface area contributed by atoms with Gasteiger partial charge in [0.15, 0.2) is 0 Å². The Morgan fingerprint density at radius 3 is 2.52 bits per heavy atom. The van der Waals surface area contributed by atoms with Crippen LogP contribution in [0.5, 0.6) is 17.4 Å². The highest BCUT2D eigenvalue weighted by molar-refractivity contribution is 5.90. The molecule has 0 aliphatic carbocycles. The van der Waals surface area contributed by atoms with Gasteiger partial charge in [-0.1, -0.05) is 0 Å². The summed E-state index contributed by atoms with van der Waals surface area (Å²) >= 11 is 0. The summed E-state index contributed by atoms with van der Waals surface area (Å²) in [5, 5.41) is 6.19. The largest absolute Gasteiger partial charge is 0.497 e. The van der Waals surface area contributed by atoms with Crippen molar-refractivity contribution in [3.63, 3.8) is 0 Å². The Morgan fingerprint density at radius 1 is 1.19 bits per heavy atom. The smallest absolute Gasteiger partial charge is 0.224 e. The molecule has 1 saturated heterocycles. The predicted octanol–water partition coefficient (Wildman–Crippen LogP) is 4.05. The zero-order chi connectivity index (χ0) is 17.5. The van der Waals surface area contributed by atoms with E-state index in [0.29, 0.717) is 29.7 Å². The molecule has 3 rings (SSSR count). The molecule has 1 atom stereocenters. The fourth-order valence-corrected chi connectivity index (χ4v) is 2.80. The minimum atomic E-state index is 0. The molecule has 1 unspecified atom stereocenters. The Labute approximate surface area is 171 Å². The molecule has 0 bridgehead atoms. The maximum absolute atomic E-state index is 12.0. The monoisotopic (exact) mass is 413 g/mol. The number of ether oxygens (including phenoxy) is 2. The van der Waals surface area contributed by atoms with Crippen molar-refractivity contribution in [1.82, 2.24) is 10.3 Å². The molecule has 148 valence electrons. The number of amides is 1. The van der Waals surface area contributed by atoms with Gasteiger partial charge >= 0.3 is 0 Å². The first-order valence-electron chi connectivity index (χ1n) is 8.51. The molecule has 1 aromatic carbocycles. The van der Waals surface area contributed by atoms with Crippen LogP contribution in [0.25, 0.3) is 0 Å². The zero-order valence-corrected chi connectivity index (χ0v) is 16.8. The number of aromatic nitrogens is 1. The van der Waals surface area contributed by atoms with E-state index >= 15 is 0 Å². The van der Waals surface area contributed by atoms with E-state index in [-0.39, 0.29) is 30.7 Å². The lowest BCUT2D eigenvalue weighted by Gasteiger charge is -2.09. The highest BCUT2D eigenvalue weighted by Gasteiger charge is 2.15. The number of nitrogens with zero attached hydrogens (tertiary/aromatic N) is 1. The van der Waals surface area contributed by atoms with Gasteiger partial charge < -0.3 is 20.1 Å². The van der Waals surface area contributed by atoms with Crippen molar-refractivity contribution in [3.8, 4) is 17.4 Å². The molecule has 8 heteroatoms. The maximum Gasteiger partial charge on any atom is 0.224 e. The molecule has 2 heterocycles. The number of halogens is 2. The lowest BCUT2D eigenvalue weighted by atomic mass is 10.0. The molecule has 6 nitrogen and oxygen atoms in total. The van der Waals surface area contributed by atoms with E-state index in [1.54, 1.807) is 25.4 Å².